The van der Waals surface area contributed by atoms with E-state index in [9.17, 15) is 13.4 Å². The summed E-state index contributed by atoms with van der Waals surface area (Å²) in [7, 11) is -0.870. The molecule has 0 aliphatic heterocycles. The van der Waals surface area contributed by atoms with E-state index in [1.165, 1.54) is 12.3 Å². The predicted octanol–water partition coefficient (Wildman–Crippen LogP) is 1.11. The van der Waals surface area contributed by atoms with E-state index >= 15 is 0 Å². The first-order valence-corrected chi connectivity index (χ1v) is 6.94. The number of nitrogens with zero attached hydrogens (tertiary/aromatic N) is 1. The minimum atomic E-state index is -0.870. The summed E-state index contributed by atoms with van der Waals surface area (Å²) in [5.74, 6) is -0.493. The van der Waals surface area contributed by atoms with Crippen LogP contribution in [0.2, 0.25) is 0 Å². The average molecular weight is 258 g/mol. The summed E-state index contributed by atoms with van der Waals surface area (Å²) in [5, 5.41) is 2.71. The van der Waals surface area contributed by atoms with E-state index in [2.05, 4.69) is 10.3 Å². The van der Waals surface area contributed by atoms with Crippen LogP contribution < -0.4 is 5.32 Å². The molecule has 1 heterocycles. The molecule has 17 heavy (non-hydrogen) atoms. The summed E-state index contributed by atoms with van der Waals surface area (Å²) in [6.07, 6.45) is 3.49. The Balaban J connectivity index is 2.51. The second kappa shape index (κ2) is 6.44. The Kier molecular flexibility index (Phi) is 5.21. The molecule has 0 saturated carbocycles. The van der Waals surface area contributed by atoms with Crippen LogP contribution >= 0.6 is 0 Å². The molecular formula is C11H15FN2O2S. The largest absolute Gasteiger partial charge is 0.350 e. The van der Waals surface area contributed by atoms with Gasteiger partial charge in [-0.05, 0) is 19.4 Å². The van der Waals surface area contributed by atoms with Crippen LogP contribution in [0.3, 0.4) is 0 Å². The van der Waals surface area contributed by atoms with Gasteiger partial charge in [0.25, 0.3) is 5.91 Å². The van der Waals surface area contributed by atoms with Crippen LogP contribution in [-0.2, 0) is 10.8 Å². The minimum Gasteiger partial charge on any atom is -0.350 e. The van der Waals surface area contributed by atoms with Crippen molar-refractivity contribution in [3.8, 4) is 0 Å². The summed E-state index contributed by atoms with van der Waals surface area (Å²) >= 11 is 0. The van der Waals surface area contributed by atoms with E-state index in [4.69, 9.17) is 0 Å². The Morgan fingerprint density at radius 2 is 2.35 bits per heavy atom. The summed E-state index contributed by atoms with van der Waals surface area (Å²) < 4.78 is 23.7. The lowest BCUT2D eigenvalue weighted by molar-refractivity contribution is 0.0938. The number of nitrogens with one attached hydrogen (secondary N) is 1. The maximum atomic E-state index is 12.8. The van der Waals surface area contributed by atoms with Crippen LogP contribution in [0.4, 0.5) is 4.39 Å². The maximum Gasteiger partial charge on any atom is 0.251 e. The zero-order valence-electron chi connectivity index (χ0n) is 9.77. The maximum absolute atomic E-state index is 12.8. The monoisotopic (exact) mass is 258 g/mol. The molecule has 6 heteroatoms. The van der Waals surface area contributed by atoms with Crippen LogP contribution in [0.25, 0.3) is 0 Å². The molecule has 0 aromatic carbocycles. The summed E-state index contributed by atoms with van der Waals surface area (Å²) in [4.78, 5) is 15.0. The number of aromatic nitrogens is 1. The molecule has 0 aliphatic rings. The molecule has 0 bridgehead atoms. The lowest BCUT2D eigenvalue weighted by Crippen LogP contribution is -2.33. The Morgan fingerprint density at radius 1 is 1.65 bits per heavy atom. The number of amides is 1. The Bertz CT molecular complexity index is 426. The third kappa shape index (κ3) is 5.04. The number of pyridine rings is 1. The zero-order valence-corrected chi connectivity index (χ0v) is 10.6. The molecule has 1 N–H and O–H groups in total. The molecule has 0 radical (unpaired) electrons. The minimum absolute atomic E-state index is 0.0948. The fourth-order valence-electron chi connectivity index (χ4n) is 1.27. The molecule has 1 aromatic heterocycles. The highest BCUT2D eigenvalue weighted by Crippen LogP contribution is 2.02. The van der Waals surface area contributed by atoms with Crippen LogP contribution in [0, 0.1) is 5.95 Å². The van der Waals surface area contributed by atoms with E-state index < -0.39 is 16.7 Å². The first kappa shape index (κ1) is 13.8. The number of carbonyl (C=O) groups is 1. The van der Waals surface area contributed by atoms with Crippen molar-refractivity contribution in [2.75, 3.05) is 12.0 Å². The predicted molar refractivity (Wildman–Crippen MR) is 64.7 cm³/mol. The number of rotatable bonds is 5. The summed E-state index contributed by atoms with van der Waals surface area (Å²) in [6.45, 7) is 1.82. The molecule has 0 aliphatic carbocycles. The van der Waals surface area contributed by atoms with Crippen LogP contribution in [-0.4, -0.2) is 33.2 Å². The van der Waals surface area contributed by atoms with Gasteiger partial charge >= 0.3 is 0 Å². The van der Waals surface area contributed by atoms with Gasteiger partial charge in [0.15, 0.2) is 0 Å². The molecule has 1 amide bonds. The molecule has 1 aromatic rings. The van der Waals surface area contributed by atoms with Gasteiger partial charge in [0, 0.05) is 46.7 Å². The third-order valence-electron chi connectivity index (χ3n) is 2.20. The molecule has 0 spiro atoms. The quantitative estimate of drug-likeness (QED) is 0.805. The van der Waals surface area contributed by atoms with Gasteiger partial charge in [0.05, 0.1) is 0 Å². The molecular weight excluding hydrogens is 243 g/mol. The summed E-state index contributed by atoms with van der Waals surface area (Å²) in [5.41, 5.74) is 0.238. The first-order chi connectivity index (χ1) is 7.99. The van der Waals surface area contributed by atoms with E-state index in [-0.39, 0.29) is 17.5 Å². The van der Waals surface area contributed by atoms with E-state index in [0.717, 1.165) is 6.07 Å². The van der Waals surface area contributed by atoms with Crippen LogP contribution in [0.15, 0.2) is 18.3 Å². The molecule has 94 valence electrons. The zero-order chi connectivity index (χ0) is 12.8. The number of hydrogen-bond acceptors (Lipinski definition) is 3. The standard InChI is InChI=1S/C11H15FN2O2S/c1-8(4-6-17(2)16)14-11(15)9-3-5-13-10(12)7-9/h3,5,7-8H,4,6H2,1-2H3,(H,14,15). The van der Waals surface area contributed by atoms with Gasteiger partial charge in [-0.25, -0.2) is 4.98 Å². The van der Waals surface area contributed by atoms with Gasteiger partial charge in [0.2, 0.25) is 5.95 Å². The van der Waals surface area contributed by atoms with E-state index in [1.54, 1.807) is 6.26 Å². The molecule has 0 saturated heterocycles. The SMILES string of the molecule is CC(CCS(C)=O)NC(=O)c1ccnc(F)c1. The number of halogens is 1. The fourth-order valence-corrected chi connectivity index (χ4v) is 1.95. The van der Waals surface area contributed by atoms with Gasteiger partial charge in [-0.3, -0.25) is 9.00 Å². The van der Waals surface area contributed by atoms with Crippen molar-refractivity contribution in [3.05, 3.63) is 29.8 Å². The van der Waals surface area contributed by atoms with Gasteiger partial charge in [-0.2, -0.15) is 4.39 Å². The van der Waals surface area contributed by atoms with E-state index in [0.29, 0.717) is 12.2 Å². The van der Waals surface area contributed by atoms with Gasteiger partial charge < -0.3 is 5.32 Å². The second-order valence-electron chi connectivity index (χ2n) is 3.81. The normalized spacial score (nSPS) is 14.1. The molecule has 4 nitrogen and oxygen atoms in total. The Morgan fingerprint density at radius 3 is 2.94 bits per heavy atom. The van der Waals surface area contributed by atoms with Crippen molar-refractivity contribution in [1.82, 2.24) is 10.3 Å². The van der Waals surface area contributed by atoms with Crippen molar-refractivity contribution < 1.29 is 13.4 Å². The van der Waals surface area contributed by atoms with Crippen molar-refractivity contribution in [2.24, 2.45) is 0 Å². The van der Waals surface area contributed by atoms with Crippen molar-refractivity contribution >= 4 is 16.7 Å². The molecule has 2 atom stereocenters. The first-order valence-electron chi connectivity index (χ1n) is 5.21. The highest BCUT2D eigenvalue weighted by molar-refractivity contribution is 7.84. The molecule has 0 fully saturated rings. The fraction of sp³-hybridized carbons (Fsp3) is 0.455. The van der Waals surface area contributed by atoms with Crippen LogP contribution in [0.5, 0.6) is 0 Å². The Labute approximate surface area is 102 Å². The van der Waals surface area contributed by atoms with Crippen LogP contribution in [0.1, 0.15) is 23.7 Å². The smallest absolute Gasteiger partial charge is 0.251 e. The number of carbonyl (C=O) groups excluding carboxylic acids is 1. The topological polar surface area (TPSA) is 59.1 Å². The lowest BCUT2D eigenvalue weighted by atomic mass is 10.2. The third-order valence-corrected chi connectivity index (χ3v) is 3.02. The number of hydrogen-bond donors (Lipinski definition) is 1. The average Bonchev–Trinajstić information content (AvgIpc) is 2.26. The highest BCUT2D eigenvalue weighted by atomic mass is 32.2. The second-order valence-corrected chi connectivity index (χ2v) is 5.36. The van der Waals surface area contributed by atoms with Crippen molar-refractivity contribution in [2.45, 2.75) is 19.4 Å². The van der Waals surface area contributed by atoms with Gasteiger partial charge in [0.1, 0.15) is 0 Å². The van der Waals surface area contributed by atoms with Gasteiger partial charge in [-0.1, -0.05) is 0 Å². The highest BCUT2D eigenvalue weighted by Gasteiger charge is 2.10. The lowest BCUT2D eigenvalue weighted by Gasteiger charge is -2.12. The van der Waals surface area contributed by atoms with Gasteiger partial charge in [-0.15, -0.1) is 0 Å². The van der Waals surface area contributed by atoms with Crippen molar-refractivity contribution in [3.63, 3.8) is 0 Å². The summed E-state index contributed by atoms with van der Waals surface area (Å²) in [6, 6.07) is 2.44. The molecule has 1 rings (SSSR count). The van der Waals surface area contributed by atoms with E-state index in [1.807, 2.05) is 6.92 Å². The molecule has 2 unspecified atom stereocenters. The van der Waals surface area contributed by atoms with Crippen molar-refractivity contribution in [1.29, 1.82) is 0 Å². The Hall–Kier alpha value is -1.30.